The van der Waals surface area contributed by atoms with Crippen LogP contribution in [-0.2, 0) is 0 Å². The predicted molar refractivity (Wildman–Crippen MR) is 87.4 cm³/mol. The lowest BCUT2D eigenvalue weighted by Crippen LogP contribution is -2.26. The van der Waals surface area contributed by atoms with Gasteiger partial charge >= 0.3 is 0 Å². The van der Waals surface area contributed by atoms with Crippen molar-refractivity contribution in [2.24, 2.45) is 11.3 Å². The Morgan fingerprint density at radius 3 is 2.75 bits per heavy atom. The van der Waals surface area contributed by atoms with Gasteiger partial charge in [0.1, 0.15) is 0 Å². The summed E-state index contributed by atoms with van der Waals surface area (Å²) in [6, 6.07) is 2.23. The van der Waals surface area contributed by atoms with E-state index in [1.165, 1.54) is 24.9 Å². The van der Waals surface area contributed by atoms with Crippen molar-refractivity contribution in [2.45, 2.75) is 47.0 Å². The number of hydrogen-bond donors (Lipinski definition) is 1. The maximum absolute atomic E-state index is 4.37. The Hall–Kier alpha value is -1.25. The van der Waals surface area contributed by atoms with E-state index in [0.29, 0.717) is 5.41 Å². The minimum atomic E-state index is 0.430. The second kappa shape index (κ2) is 6.47. The molecule has 1 aromatic rings. The minimum Gasteiger partial charge on any atom is -0.384 e. The largest absolute Gasteiger partial charge is 0.384 e. The fourth-order valence-corrected chi connectivity index (χ4v) is 3.12. The number of aromatic nitrogens is 1. The normalized spacial score (nSPS) is 20.6. The molecule has 3 heteroatoms. The summed E-state index contributed by atoms with van der Waals surface area (Å²) in [4.78, 5) is 6.87. The molecule has 1 aromatic heterocycles. The second-order valence-corrected chi connectivity index (χ2v) is 6.94. The number of anilines is 2. The zero-order chi connectivity index (χ0) is 14.6. The van der Waals surface area contributed by atoms with Crippen molar-refractivity contribution in [3.63, 3.8) is 0 Å². The van der Waals surface area contributed by atoms with E-state index in [4.69, 9.17) is 0 Å². The molecule has 1 aliphatic heterocycles. The first-order valence-corrected chi connectivity index (χ1v) is 7.94. The Labute approximate surface area is 123 Å². The van der Waals surface area contributed by atoms with Gasteiger partial charge < -0.3 is 10.2 Å². The summed E-state index contributed by atoms with van der Waals surface area (Å²) in [6.07, 6.45) is 7.82. The van der Waals surface area contributed by atoms with Gasteiger partial charge in [0, 0.05) is 19.6 Å². The summed E-state index contributed by atoms with van der Waals surface area (Å²) in [5, 5.41) is 3.35. The summed E-state index contributed by atoms with van der Waals surface area (Å²) >= 11 is 0. The zero-order valence-corrected chi connectivity index (χ0v) is 13.4. The number of nitrogens with one attached hydrogen (secondary N) is 1. The first kappa shape index (κ1) is 15.1. The summed E-state index contributed by atoms with van der Waals surface area (Å²) in [7, 11) is 0. The van der Waals surface area contributed by atoms with E-state index in [2.05, 4.69) is 49.0 Å². The summed E-state index contributed by atoms with van der Waals surface area (Å²) in [5.74, 6) is 0.831. The van der Waals surface area contributed by atoms with E-state index >= 15 is 0 Å². The van der Waals surface area contributed by atoms with Crippen LogP contribution < -0.4 is 10.2 Å². The van der Waals surface area contributed by atoms with Crippen molar-refractivity contribution < 1.29 is 0 Å². The maximum Gasteiger partial charge on any atom is 0.0573 e. The first-order chi connectivity index (χ1) is 9.50. The van der Waals surface area contributed by atoms with E-state index in [1.807, 2.05) is 12.4 Å². The summed E-state index contributed by atoms with van der Waals surface area (Å²) in [5.41, 5.74) is 2.82. The third-order valence-corrected chi connectivity index (χ3v) is 4.42. The lowest BCUT2D eigenvalue weighted by Gasteiger charge is -2.30. The van der Waals surface area contributed by atoms with Crippen molar-refractivity contribution in [3.05, 3.63) is 18.5 Å². The van der Waals surface area contributed by atoms with Crippen molar-refractivity contribution in [1.82, 2.24) is 4.98 Å². The SMILES string of the molecule is CCNc1cncc(N2CCCC(C(C)(C)C)CC2)c1. The van der Waals surface area contributed by atoms with Gasteiger partial charge in [-0.25, -0.2) is 0 Å². The van der Waals surface area contributed by atoms with Crippen molar-refractivity contribution in [2.75, 3.05) is 29.9 Å². The Balaban J connectivity index is 2.05. The minimum absolute atomic E-state index is 0.430. The van der Waals surface area contributed by atoms with Crippen LogP contribution in [0.3, 0.4) is 0 Å². The molecule has 0 saturated carbocycles. The van der Waals surface area contributed by atoms with Crippen LogP contribution in [0.25, 0.3) is 0 Å². The molecule has 1 fully saturated rings. The second-order valence-electron chi connectivity index (χ2n) is 6.94. The van der Waals surface area contributed by atoms with Crippen LogP contribution >= 0.6 is 0 Å². The molecule has 0 spiro atoms. The van der Waals surface area contributed by atoms with Gasteiger partial charge in [-0.1, -0.05) is 20.8 Å². The van der Waals surface area contributed by atoms with Gasteiger partial charge in [-0.3, -0.25) is 4.98 Å². The highest BCUT2D eigenvalue weighted by molar-refractivity contribution is 5.55. The molecule has 112 valence electrons. The highest BCUT2D eigenvalue weighted by Gasteiger charge is 2.27. The molecule has 3 nitrogen and oxygen atoms in total. The van der Waals surface area contributed by atoms with Crippen LogP contribution in [0, 0.1) is 11.3 Å². The van der Waals surface area contributed by atoms with Gasteiger partial charge in [-0.2, -0.15) is 0 Å². The van der Waals surface area contributed by atoms with E-state index < -0.39 is 0 Å². The molecule has 0 aromatic carbocycles. The van der Waals surface area contributed by atoms with Gasteiger partial charge in [-0.15, -0.1) is 0 Å². The van der Waals surface area contributed by atoms with Crippen LogP contribution in [0.4, 0.5) is 11.4 Å². The monoisotopic (exact) mass is 275 g/mol. The Bertz CT molecular complexity index is 422. The number of hydrogen-bond acceptors (Lipinski definition) is 3. The van der Waals surface area contributed by atoms with E-state index in [1.54, 1.807) is 0 Å². The van der Waals surface area contributed by atoms with Gasteiger partial charge in [0.05, 0.1) is 23.8 Å². The smallest absolute Gasteiger partial charge is 0.0573 e. The number of rotatable bonds is 3. The standard InChI is InChI=1S/C17H29N3/c1-5-19-15-11-16(13-18-12-15)20-9-6-7-14(8-10-20)17(2,3)4/h11-14,19H,5-10H2,1-4H3. The quantitative estimate of drug-likeness (QED) is 0.897. The number of pyridine rings is 1. The highest BCUT2D eigenvalue weighted by atomic mass is 15.1. The molecule has 0 amide bonds. The molecule has 0 aliphatic carbocycles. The van der Waals surface area contributed by atoms with E-state index in [0.717, 1.165) is 31.2 Å². The van der Waals surface area contributed by atoms with E-state index in [-0.39, 0.29) is 0 Å². The van der Waals surface area contributed by atoms with E-state index in [9.17, 15) is 0 Å². The third kappa shape index (κ3) is 3.87. The highest BCUT2D eigenvalue weighted by Crippen LogP contribution is 2.35. The van der Waals surface area contributed by atoms with Crippen molar-refractivity contribution in [3.8, 4) is 0 Å². The molecule has 1 unspecified atom stereocenters. The molecule has 1 N–H and O–H groups in total. The molecule has 1 saturated heterocycles. The maximum atomic E-state index is 4.37. The molecule has 2 rings (SSSR count). The van der Waals surface area contributed by atoms with Gasteiger partial charge in [-0.05, 0) is 43.6 Å². The van der Waals surface area contributed by atoms with Crippen LogP contribution in [0.5, 0.6) is 0 Å². The molecule has 20 heavy (non-hydrogen) atoms. The Morgan fingerprint density at radius 2 is 2.05 bits per heavy atom. The Kier molecular flexibility index (Phi) is 4.90. The summed E-state index contributed by atoms with van der Waals surface area (Å²) in [6.45, 7) is 12.5. The van der Waals surface area contributed by atoms with Crippen molar-refractivity contribution >= 4 is 11.4 Å². The molecule has 1 atom stereocenters. The lowest BCUT2D eigenvalue weighted by atomic mass is 9.77. The number of nitrogens with zero attached hydrogens (tertiary/aromatic N) is 2. The summed E-state index contributed by atoms with van der Waals surface area (Å²) < 4.78 is 0. The average molecular weight is 275 g/mol. The van der Waals surface area contributed by atoms with Gasteiger partial charge in [0.25, 0.3) is 0 Å². The molecule has 0 bridgehead atoms. The van der Waals surface area contributed by atoms with Gasteiger partial charge in [0.15, 0.2) is 0 Å². The molecular formula is C17H29N3. The van der Waals surface area contributed by atoms with Crippen molar-refractivity contribution in [1.29, 1.82) is 0 Å². The topological polar surface area (TPSA) is 28.2 Å². The van der Waals surface area contributed by atoms with Gasteiger partial charge in [0.2, 0.25) is 0 Å². The van der Waals surface area contributed by atoms with Crippen LogP contribution in [0.2, 0.25) is 0 Å². The lowest BCUT2D eigenvalue weighted by molar-refractivity contribution is 0.220. The van der Waals surface area contributed by atoms with Crippen LogP contribution in [0.1, 0.15) is 47.0 Å². The van der Waals surface area contributed by atoms with Crippen LogP contribution in [0.15, 0.2) is 18.5 Å². The first-order valence-electron chi connectivity index (χ1n) is 7.94. The fourth-order valence-electron chi connectivity index (χ4n) is 3.12. The third-order valence-electron chi connectivity index (χ3n) is 4.42. The Morgan fingerprint density at radius 1 is 1.25 bits per heavy atom. The molecule has 1 aliphatic rings. The average Bonchev–Trinajstić information content (AvgIpc) is 2.64. The predicted octanol–water partition coefficient (Wildman–Crippen LogP) is 4.17. The molecule has 2 heterocycles. The molecular weight excluding hydrogens is 246 g/mol. The van der Waals surface area contributed by atoms with Crippen LogP contribution in [-0.4, -0.2) is 24.6 Å². The fraction of sp³-hybridized carbons (Fsp3) is 0.706. The molecule has 0 radical (unpaired) electrons. The zero-order valence-electron chi connectivity index (χ0n) is 13.4.